The molecule has 2 atom stereocenters. The van der Waals surface area contributed by atoms with Gasteiger partial charge in [0.15, 0.2) is 12.2 Å². The molecule has 1 rings (SSSR count). The number of carboxylic acid groups (broad SMARTS) is 1. The van der Waals surface area contributed by atoms with Gasteiger partial charge in [0.25, 0.3) is 5.91 Å². The number of aliphatic hydroxyl groups excluding tert-OH is 2. The average Bonchev–Trinajstić information content (AvgIpc) is 2.35. The first-order valence-corrected chi connectivity index (χ1v) is 4.93. The number of carbonyl (C=O) groups excluding carboxylic acids is 1. The highest BCUT2D eigenvalue weighted by Gasteiger charge is 2.29. The van der Waals surface area contributed by atoms with Crippen LogP contribution in [0, 0.1) is 0 Å². The summed E-state index contributed by atoms with van der Waals surface area (Å²) in [5, 5.41) is 28.9. The van der Waals surface area contributed by atoms with E-state index in [1.54, 1.807) is 24.3 Å². The van der Waals surface area contributed by atoms with E-state index in [0.717, 1.165) is 5.56 Å². The number of rotatable bonds is 5. The van der Waals surface area contributed by atoms with E-state index in [1.807, 2.05) is 6.07 Å². The van der Waals surface area contributed by atoms with Crippen molar-refractivity contribution < 1.29 is 24.9 Å². The molecule has 0 saturated heterocycles. The van der Waals surface area contributed by atoms with Gasteiger partial charge in [0.2, 0.25) is 0 Å². The topological polar surface area (TPSA) is 107 Å². The molecule has 0 heterocycles. The molecule has 4 N–H and O–H groups in total. The number of hydrogen-bond acceptors (Lipinski definition) is 4. The van der Waals surface area contributed by atoms with E-state index in [0.29, 0.717) is 0 Å². The van der Waals surface area contributed by atoms with Crippen LogP contribution in [0.2, 0.25) is 0 Å². The minimum absolute atomic E-state index is 0.156. The summed E-state index contributed by atoms with van der Waals surface area (Å²) in [4.78, 5) is 21.6. The molecule has 0 fully saturated rings. The van der Waals surface area contributed by atoms with Crippen molar-refractivity contribution in [3.05, 3.63) is 35.9 Å². The highest BCUT2D eigenvalue weighted by atomic mass is 16.4. The van der Waals surface area contributed by atoms with Crippen LogP contribution in [0.15, 0.2) is 30.3 Å². The maximum Gasteiger partial charge on any atom is 0.335 e. The fraction of sp³-hybridized carbons (Fsp3) is 0.273. The van der Waals surface area contributed by atoms with Gasteiger partial charge >= 0.3 is 5.97 Å². The summed E-state index contributed by atoms with van der Waals surface area (Å²) in [5.41, 5.74) is 0.804. The second kappa shape index (κ2) is 5.97. The Bertz CT molecular complexity index is 392. The van der Waals surface area contributed by atoms with E-state index in [4.69, 9.17) is 10.2 Å². The van der Waals surface area contributed by atoms with Gasteiger partial charge in [-0.05, 0) is 5.56 Å². The van der Waals surface area contributed by atoms with Crippen LogP contribution in [0.1, 0.15) is 5.56 Å². The summed E-state index contributed by atoms with van der Waals surface area (Å²) in [6.07, 6.45) is -4.10. The quantitative estimate of drug-likeness (QED) is 0.533. The van der Waals surface area contributed by atoms with Gasteiger partial charge in [-0.25, -0.2) is 4.79 Å². The molecule has 92 valence electrons. The van der Waals surface area contributed by atoms with Gasteiger partial charge in [0.1, 0.15) is 0 Å². The first-order chi connectivity index (χ1) is 8.02. The molecular formula is C11H13NO5. The monoisotopic (exact) mass is 239 g/mol. The third-order valence-corrected chi connectivity index (χ3v) is 2.13. The van der Waals surface area contributed by atoms with Crippen LogP contribution in [-0.4, -0.2) is 39.4 Å². The highest BCUT2D eigenvalue weighted by molar-refractivity contribution is 5.87. The van der Waals surface area contributed by atoms with Gasteiger partial charge in [-0.2, -0.15) is 0 Å². The predicted molar refractivity (Wildman–Crippen MR) is 57.9 cm³/mol. The fourth-order valence-electron chi connectivity index (χ4n) is 1.17. The maximum atomic E-state index is 11.3. The molecule has 0 aliphatic carbocycles. The number of benzene rings is 1. The molecule has 17 heavy (non-hydrogen) atoms. The lowest BCUT2D eigenvalue weighted by Crippen LogP contribution is -2.45. The van der Waals surface area contributed by atoms with Crippen LogP contribution in [-0.2, 0) is 16.1 Å². The Labute approximate surface area is 97.5 Å². The Hall–Kier alpha value is -1.92. The normalized spacial score (nSPS) is 13.8. The largest absolute Gasteiger partial charge is 0.479 e. The van der Waals surface area contributed by atoms with E-state index in [1.165, 1.54) is 0 Å². The number of aliphatic carboxylic acids is 1. The third-order valence-electron chi connectivity index (χ3n) is 2.13. The zero-order valence-corrected chi connectivity index (χ0v) is 8.91. The Morgan fingerprint density at radius 1 is 1.12 bits per heavy atom. The Morgan fingerprint density at radius 2 is 1.71 bits per heavy atom. The van der Waals surface area contributed by atoms with Crippen molar-refractivity contribution in [1.29, 1.82) is 0 Å². The van der Waals surface area contributed by atoms with Gasteiger partial charge in [0.05, 0.1) is 0 Å². The van der Waals surface area contributed by atoms with Crippen LogP contribution in [0.25, 0.3) is 0 Å². The van der Waals surface area contributed by atoms with Crippen molar-refractivity contribution in [1.82, 2.24) is 5.32 Å². The summed E-state index contributed by atoms with van der Waals surface area (Å²) in [5.74, 6) is -2.57. The van der Waals surface area contributed by atoms with Crippen LogP contribution in [0.4, 0.5) is 0 Å². The summed E-state index contributed by atoms with van der Waals surface area (Å²) >= 11 is 0. The molecule has 0 aliphatic rings. The van der Waals surface area contributed by atoms with Crippen LogP contribution >= 0.6 is 0 Å². The standard InChI is InChI=1S/C11H13NO5/c13-8(9(14)11(16)17)10(15)12-6-7-4-2-1-3-5-7/h1-5,8-9,13-14H,6H2,(H,12,15)(H,16,17)/t8-,9-/m1/s1. The minimum atomic E-state index is -2.12. The zero-order valence-electron chi connectivity index (χ0n) is 8.91. The van der Waals surface area contributed by atoms with Gasteiger partial charge in [0, 0.05) is 6.54 Å². The lowest BCUT2D eigenvalue weighted by atomic mass is 10.2. The van der Waals surface area contributed by atoms with Crippen LogP contribution < -0.4 is 5.32 Å². The van der Waals surface area contributed by atoms with E-state index >= 15 is 0 Å². The summed E-state index contributed by atoms with van der Waals surface area (Å²) in [6, 6.07) is 8.91. The smallest absolute Gasteiger partial charge is 0.335 e. The third kappa shape index (κ3) is 3.86. The Morgan fingerprint density at radius 3 is 2.24 bits per heavy atom. The molecule has 0 radical (unpaired) electrons. The zero-order chi connectivity index (χ0) is 12.8. The van der Waals surface area contributed by atoms with Crippen LogP contribution in [0.5, 0.6) is 0 Å². The second-order valence-electron chi connectivity index (χ2n) is 3.43. The average molecular weight is 239 g/mol. The molecule has 6 nitrogen and oxygen atoms in total. The maximum absolute atomic E-state index is 11.3. The fourth-order valence-corrected chi connectivity index (χ4v) is 1.17. The SMILES string of the molecule is O=C(O)[C@H](O)[C@@H](O)C(=O)NCc1ccccc1. The van der Waals surface area contributed by atoms with E-state index in [9.17, 15) is 14.7 Å². The molecule has 0 bridgehead atoms. The highest BCUT2D eigenvalue weighted by Crippen LogP contribution is 1.99. The minimum Gasteiger partial charge on any atom is -0.479 e. The van der Waals surface area contributed by atoms with Gasteiger partial charge in [-0.1, -0.05) is 30.3 Å². The van der Waals surface area contributed by atoms with Gasteiger partial charge in [-0.15, -0.1) is 0 Å². The number of nitrogens with one attached hydrogen (secondary N) is 1. The first-order valence-electron chi connectivity index (χ1n) is 4.93. The number of hydrogen-bond donors (Lipinski definition) is 4. The first kappa shape index (κ1) is 13.1. The molecule has 1 aromatic carbocycles. The lowest BCUT2D eigenvalue weighted by Gasteiger charge is -2.13. The molecule has 0 saturated carbocycles. The number of amides is 1. The molecular weight excluding hydrogens is 226 g/mol. The lowest BCUT2D eigenvalue weighted by molar-refractivity contribution is -0.158. The van der Waals surface area contributed by atoms with Crippen molar-refractivity contribution in [3.8, 4) is 0 Å². The predicted octanol–water partition coefficient (Wildman–Crippen LogP) is -0.891. The number of carbonyl (C=O) groups is 2. The Balaban J connectivity index is 2.47. The van der Waals surface area contributed by atoms with Crippen molar-refractivity contribution in [2.75, 3.05) is 0 Å². The van der Waals surface area contributed by atoms with Gasteiger partial charge < -0.3 is 20.6 Å². The van der Waals surface area contributed by atoms with Crippen molar-refractivity contribution in [2.45, 2.75) is 18.8 Å². The van der Waals surface area contributed by atoms with E-state index in [2.05, 4.69) is 5.32 Å². The molecule has 0 spiro atoms. The van der Waals surface area contributed by atoms with E-state index < -0.39 is 24.1 Å². The summed E-state index contributed by atoms with van der Waals surface area (Å²) < 4.78 is 0. The van der Waals surface area contributed by atoms with E-state index in [-0.39, 0.29) is 6.54 Å². The molecule has 0 aliphatic heterocycles. The molecule has 6 heteroatoms. The second-order valence-corrected chi connectivity index (χ2v) is 3.43. The molecule has 0 unspecified atom stereocenters. The van der Waals surface area contributed by atoms with Crippen LogP contribution in [0.3, 0.4) is 0 Å². The molecule has 1 aromatic rings. The van der Waals surface area contributed by atoms with Crippen molar-refractivity contribution in [3.63, 3.8) is 0 Å². The molecule has 1 amide bonds. The number of aliphatic hydroxyl groups is 2. The van der Waals surface area contributed by atoms with Gasteiger partial charge in [-0.3, -0.25) is 4.79 Å². The van der Waals surface area contributed by atoms with Crippen molar-refractivity contribution >= 4 is 11.9 Å². The Kier molecular flexibility index (Phi) is 4.62. The summed E-state index contributed by atoms with van der Waals surface area (Å²) in [6.45, 7) is 0.156. The molecule has 0 aromatic heterocycles. The van der Waals surface area contributed by atoms with Crippen molar-refractivity contribution in [2.24, 2.45) is 0 Å². The number of carboxylic acids is 1. The summed E-state index contributed by atoms with van der Waals surface area (Å²) in [7, 11) is 0.